The van der Waals surface area contributed by atoms with Gasteiger partial charge in [0, 0.05) is 41.9 Å². The molecule has 0 saturated carbocycles. The molecule has 2 aromatic rings. The van der Waals surface area contributed by atoms with Crippen molar-refractivity contribution < 1.29 is 0 Å². The second-order valence-electron chi connectivity index (χ2n) is 6.37. The predicted octanol–water partition coefficient (Wildman–Crippen LogP) is 4.25. The Morgan fingerprint density at radius 2 is 1.70 bits per heavy atom. The normalized spacial score (nSPS) is 18.9. The van der Waals surface area contributed by atoms with E-state index >= 15 is 0 Å². The molecule has 0 aliphatic carbocycles. The lowest BCUT2D eigenvalue weighted by Crippen LogP contribution is -2.50. The first kappa shape index (κ1) is 16.2. The van der Waals surface area contributed by atoms with Crippen LogP contribution in [0.4, 0.5) is 11.4 Å². The quantitative estimate of drug-likeness (QED) is 0.846. The number of aryl methyl sites for hydroxylation is 1. The number of nitrogens with zero attached hydrogens (tertiary/aromatic N) is 2. The summed E-state index contributed by atoms with van der Waals surface area (Å²) < 4.78 is 3.42. The van der Waals surface area contributed by atoms with Crippen molar-refractivity contribution in [2.24, 2.45) is 0 Å². The van der Waals surface area contributed by atoms with Crippen LogP contribution in [-0.2, 0) is 0 Å². The zero-order valence-electron chi connectivity index (χ0n) is 14.1. The minimum Gasteiger partial charge on any atom is -0.366 e. The van der Waals surface area contributed by atoms with Crippen LogP contribution in [0.2, 0.25) is 0 Å². The first-order valence-electron chi connectivity index (χ1n) is 8.16. The lowest BCUT2D eigenvalue weighted by Gasteiger charge is -2.39. The average molecular weight is 327 g/mol. The van der Waals surface area contributed by atoms with Crippen LogP contribution in [0.25, 0.3) is 0 Å². The van der Waals surface area contributed by atoms with Crippen molar-refractivity contribution in [2.45, 2.75) is 24.8 Å². The summed E-state index contributed by atoms with van der Waals surface area (Å²) in [6.07, 6.45) is 0. The van der Waals surface area contributed by atoms with E-state index in [4.69, 9.17) is 0 Å². The van der Waals surface area contributed by atoms with Gasteiger partial charge in [-0.05, 0) is 69.2 Å². The maximum atomic E-state index is 3.42. The second-order valence-corrected chi connectivity index (χ2v) is 7.25. The standard InChI is InChI=1S/C19H25N3S/c1-15-4-10-19(11-5-15)23-20-17-6-8-18(9-7-17)22-13-12-21(3)14-16(22)2/h4-11,16,20H,12-14H2,1-3H3. The Balaban J connectivity index is 1.59. The van der Waals surface area contributed by atoms with Crippen LogP contribution < -0.4 is 9.62 Å². The van der Waals surface area contributed by atoms with Gasteiger partial charge < -0.3 is 14.5 Å². The van der Waals surface area contributed by atoms with E-state index in [0.717, 1.165) is 25.3 Å². The molecule has 0 aromatic heterocycles. The predicted molar refractivity (Wildman–Crippen MR) is 101 cm³/mol. The molecule has 1 N–H and O–H groups in total. The van der Waals surface area contributed by atoms with Gasteiger partial charge in [0.2, 0.25) is 0 Å². The molecular weight excluding hydrogens is 302 g/mol. The summed E-state index contributed by atoms with van der Waals surface area (Å²) in [5, 5.41) is 0. The summed E-state index contributed by atoms with van der Waals surface area (Å²) in [6.45, 7) is 7.77. The molecule has 3 nitrogen and oxygen atoms in total. The summed E-state index contributed by atoms with van der Waals surface area (Å²) in [7, 11) is 2.20. The third-order valence-corrected chi connectivity index (χ3v) is 5.18. The fourth-order valence-corrected chi connectivity index (χ4v) is 3.61. The van der Waals surface area contributed by atoms with Gasteiger partial charge in [0.1, 0.15) is 0 Å². The van der Waals surface area contributed by atoms with Gasteiger partial charge in [-0.25, -0.2) is 0 Å². The molecule has 3 rings (SSSR count). The van der Waals surface area contributed by atoms with Crippen molar-refractivity contribution in [3.05, 3.63) is 54.1 Å². The third kappa shape index (κ3) is 4.21. The van der Waals surface area contributed by atoms with Crippen molar-refractivity contribution in [3.8, 4) is 0 Å². The number of benzene rings is 2. The first-order valence-corrected chi connectivity index (χ1v) is 8.98. The number of piperazine rings is 1. The van der Waals surface area contributed by atoms with Gasteiger partial charge in [0.05, 0.1) is 0 Å². The van der Waals surface area contributed by atoms with Crippen molar-refractivity contribution in [1.29, 1.82) is 0 Å². The van der Waals surface area contributed by atoms with E-state index in [-0.39, 0.29) is 0 Å². The molecule has 0 radical (unpaired) electrons. The molecule has 1 atom stereocenters. The number of rotatable bonds is 4. The summed E-state index contributed by atoms with van der Waals surface area (Å²) in [5.74, 6) is 0. The summed E-state index contributed by atoms with van der Waals surface area (Å²) >= 11 is 1.65. The van der Waals surface area contributed by atoms with Crippen LogP contribution in [0.5, 0.6) is 0 Å². The monoisotopic (exact) mass is 327 g/mol. The van der Waals surface area contributed by atoms with Crippen LogP contribution in [0.15, 0.2) is 53.4 Å². The Labute approximate surface area is 143 Å². The highest BCUT2D eigenvalue weighted by Gasteiger charge is 2.21. The number of likely N-dealkylation sites (N-methyl/N-ethyl adjacent to an activating group) is 1. The molecule has 23 heavy (non-hydrogen) atoms. The summed E-state index contributed by atoms with van der Waals surface area (Å²) in [6, 6.07) is 17.9. The highest BCUT2D eigenvalue weighted by Crippen LogP contribution is 2.25. The van der Waals surface area contributed by atoms with Gasteiger partial charge in [-0.3, -0.25) is 0 Å². The zero-order valence-corrected chi connectivity index (χ0v) is 14.9. The van der Waals surface area contributed by atoms with Crippen molar-refractivity contribution in [1.82, 2.24) is 4.90 Å². The van der Waals surface area contributed by atoms with Gasteiger partial charge in [0.15, 0.2) is 0 Å². The number of hydrogen-bond donors (Lipinski definition) is 1. The molecule has 4 heteroatoms. The number of anilines is 2. The second kappa shape index (κ2) is 7.28. The fourth-order valence-electron chi connectivity index (χ4n) is 2.97. The van der Waals surface area contributed by atoms with Crippen LogP contribution >= 0.6 is 11.9 Å². The van der Waals surface area contributed by atoms with Gasteiger partial charge >= 0.3 is 0 Å². The Morgan fingerprint density at radius 3 is 2.35 bits per heavy atom. The summed E-state index contributed by atoms with van der Waals surface area (Å²) in [4.78, 5) is 6.12. The van der Waals surface area contributed by atoms with E-state index in [0.29, 0.717) is 6.04 Å². The largest absolute Gasteiger partial charge is 0.366 e. The molecule has 1 heterocycles. The Bertz CT molecular complexity index is 624. The first-order chi connectivity index (χ1) is 11.1. The smallest absolute Gasteiger partial charge is 0.0444 e. The van der Waals surface area contributed by atoms with Crippen LogP contribution in [0.3, 0.4) is 0 Å². The number of nitrogens with one attached hydrogen (secondary N) is 1. The van der Waals surface area contributed by atoms with Gasteiger partial charge in [-0.15, -0.1) is 0 Å². The summed E-state index contributed by atoms with van der Waals surface area (Å²) in [5.41, 5.74) is 3.75. The molecule has 1 aliphatic heterocycles. The molecule has 1 unspecified atom stereocenters. The van der Waals surface area contributed by atoms with Gasteiger partial charge in [-0.1, -0.05) is 17.7 Å². The molecular formula is C19H25N3S. The highest BCUT2D eigenvalue weighted by molar-refractivity contribution is 8.00. The van der Waals surface area contributed by atoms with E-state index in [9.17, 15) is 0 Å². The topological polar surface area (TPSA) is 18.5 Å². The average Bonchev–Trinajstić information content (AvgIpc) is 2.55. The van der Waals surface area contributed by atoms with Crippen molar-refractivity contribution in [3.63, 3.8) is 0 Å². The van der Waals surface area contributed by atoms with Gasteiger partial charge in [0.25, 0.3) is 0 Å². The van der Waals surface area contributed by atoms with E-state index < -0.39 is 0 Å². The van der Waals surface area contributed by atoms with E-state index in [1.807, 2.05) is 0 Å². The van der Waals surface area contributed by atoms with Crippen LogP contribution in [-0.4, -0.2) is 37.6 Å². The SMILES string of the molecule is Cc1ccc(SNc2ccc(N3CCN(C)CC3C)cc2)cc1. The van der Waals surface area contributed by atoms with Crippen molar-refractivity contribution >= 4 is 23.3 Å². The molecule has 0 amide bonds. The minimum absolute atomic E-state index is 0.564. The highest BCUT2D eigenvalue weighted by atomic mass is 32.2. The zero-order chi connectivity index (χ0) is 16.2. The van der Waals surface area contributed by atoms with Crippen LogP contribution in [0, 0.1) is 6.92 Å². The maximum Gasteiger partial charge on any atom is 0.0444 e. The van der Waals surface area contributed by atoms with E-state index in [1.54, 1.807) is 11.9 Å². The molecule has 1 aliphatic rings. The van der Waals surface area contributed by atoms with E-state index in [1.165, 1.54) is 16.1 Å². The number of hydrogen-bond acceptors (Lipinski definition) is 4. The Morgan fingerprint density at radius 1 is 1.00 bits per heavy atom. The minimum atomic E-state index is 0.564. The fraction of sp³-hybridized carbons (Fsp3) is 0.368. The molecule has 2 aromatic carbocycles. The maximum absolute atomic E-state index is 3.42. The van der Waals surface area contributed by atoms with E-state index in [2.05, 4.69) is 83.9 Å². The van der Waals surface area contributed by atoms with Gasteiger partial charge in [-0.2, -0.15) is 0 Å². The lowest BCUT2D eigenvalue weighted by molar-refractivity contribution is 0.275. The van der Waals surface area contributed by atoms with Crippen molar-refractivity contribution in [2.75, 3.05) is 36.3 Å². The third-order valence-electron chi connectivity index (χ3n) is 4.34. The molecule has 1 fully saturated rings. The van der Waals surface area contributed by atoms with Crippen LogP contribution in [0.1, 0.15) is 12.5 Å². The molecule has 122 valence electrons. The Kier molecular flexibility index (Phi) is 5.13. The molecule has 0 bridgehead atoms. The molecule has 0 spiro atoms. The molecule has 1 saturated heterocycles. The lowest BCUT2D eigenvalue weighted by atomic mass is 10.1. The Hall–Kier alpha value is -1.65.